The molecule has 0 unspecified atom stereocenters. The lowest BCUT2D eigenvalue weighted by atomic mass is 9.99. The van der Waals surface area contributed by atoms with E-state index >= 15 is 0 Å². The second kappa shape index (κ2) is 5.34. The van der Waals surface area contributed by atoms with Gasteiger partial charge in [-0.3, -0.25) is 9.59 Å². The second-order valence-corrected chi connectivity index (χ2v) is 4.36. The van der Waals surface area contributed by atoms with Gasteiger partial charge in [0, 0.05) is 11.1 Å². The molecule has 2 aromatic rings. The summed E-state index contributed by atoms with van der Waals surface area (Å²) in [7, 11) is 0. The molecule has 0 aliphatic rings. The van der Waals surface area contributed by atoms with Gasteiger partial charge >= 0.3 is 0 Å². The third-order valence-corrected chi connectivity index (χ3v) is 2.98. The molecule has 2 aromatic carbocycles. The number of hydrogen-bond donors (Lipinski definition) is 0. The molecule has 0 atom stereocenters. The van der Waals surface area contributed by atoms with Gasteiger partial charge < -0.3 is 0 Å². The number of carbonyl (C=O) groups is 2. The molecule has 0 N–H and O–H groups in total. The van der Waals surface area contributed by atoms with Crippen LogP contribution in [0.25, 0.3) is 11.1 Å². The van der Waals surface area contributed by atoms with E-state index in [-0.39, 0.29) is 0 Å². The first-order chi connectivity index (χ1) is 8.59. The van der Waals surface area contributed by atoms with Crippen molar-refractivity contribution in [3.63, 3.8) is 0 Å². The van der Waals surface area contributed by atoms with Crippen molar-refractivity contribution in [1.82, 2.24) is 0 Å². The van der Waals surface area contributed by atoms with Crippen LogP contribution < -0.4 is 0 Å². The van der Waals surface area contributed by atoms with Gasteiger partial charge in [0.05, 0.1) is 0 Å². The largest absolute Gasteiger partial charge is 0.276 e. The molecule has 0 radical (unpaired) electrons. The molecular formula is C14H8Cl2O2. The second-order valence-electron chi connectivity index (χ2n) is 3.67. The maximum Gasteiger partial charge on any atom is 0.253 e. The fourth-order valence-electron chi connectivity index (χ4n) is 1.69. The summed E-state index contributed by atoms with van der Waals surface area (Å²) in [6.07, 6.45) is 0. The molecule has 4 heteroatoms. The summed E-state index contributed by atoms with van der Waals surface area (Å²) in [5.41, 5.74) is 2.38. The predicted octanol–water partition coefficient (Wildman–Crippen LogP) is 4.11. The summed E-state index contributed by atoms with van der Waals surface area (Å²) < 4.78 is 0. The van der Waals surface area contributed by atoms with E-state index < -0.39 is 10.5 Å². The van der Waals surface area contributed by atoms with Crippen molar-refractivity contribution in [2.75, 3.05) is 0 Å². The van der Waals surface area contributed by atoms with Crippen LogP contribution in [0.5, 0.6) is 0 Å². The van der Waals surface area contributed by atoms with Crippen LogP contribution in [0.1, 0.15) is 20.7 Å². The molecule has 0 amide bonds. The lowest BCUT2D eigenvalue weighted by Gasteiger charge is -2.06. The van der Waals surface area contributed by atoms with Crippen LogP contribution in [-0.2, 0) is 0 Å². The number of hydrogen-bond acceptors (Lipinski definition) is 2. The molecule has 0 spiro atoms. The summed E-state index contributed by atoms with van der Waals surface area (Å²) in [5.74, 6) is 0. The highest BCUT2D eigenvalue weighted by Gasteiger charge is 2.10. The smallest absolute Gasteiger partial charge is 0.253 e. The molecule has 0 aliphatic carbocycles. The fraction of sp³-hybridized carbons (Fsp3) is 0. The fourth-order valence-corrected chi connectivity index (χ4v) is 1.98. The molecular weight excluding hydrogens is 271 g/mol. The minimum Gasteiger partial charge on any atom is -0.276 e. The standard InChI is InChI=1S/C14H8Cl2O2/c15-13(17)10-7-5-9(6-8-10)11-3-1-2-4-12(11)14(16)18/h1-8H. The zero-order chi connectivity index (χ0) is 13.1. The first-order valence-corrected chi connectivity index (χ1v) is 5.94. The van der Waals surface area contributed by atoms with Crippen molar-refractivity contribution >= 4 is 33.7 Å². The Hall–Kier alpha value is -1.64. The van der Waals surface area contributed by atoms with Crippen LogP contribution >= 0.6 is 23.2 Å². The summed E-state index contributed by atoms with van der Waals surface area (Å²) in [6.45, 7) is 0. The van der Waals surface area contributed by atoms with Crippen molar-refractivity contribution in [2.45, 2.75) is 0 Å². The zero-order valence-corrected chi connectivity index (χ0v) is 10.7. The molecule has 0 heterocycles. The van der Waals surface area contributed by atoms with Crippen molar-refractivity contribution in [3.8, 4) is 11.1 Å². The van der Waals surface area contributed by atoms with E-state index in [1.807, 2.05) is 6.07 Å². The topological polar surface area (TPSA) is 34.1 Å². The summed E-state index contributed by atoms with van der Waals surface area (Å²) in [5, 5.41) is -1.02. The van der Waals surface area contributed by atoms with E-state index in [2.05, 4.69) is 0 Å². The summed E-state index contributed by atoms with van der Waals surface area (Å²) in [6, 6.07) is 13.7. The van der Waals surface area contributed by atoms with Gasteiger partial charge in [-0.15, -0.1) is 0 Å². The Morgan fingerprint density at radius 2 is 1.39 bits per heavy atom. The van der Waals surface area contributed by atoms with Crippen molar-refractivity contribution < 1.29 is 9.59 Å². The molecule has 2 rings (SSSR count). The van der Waals surface area contributed by atoms with Gasteiger partial charge in [0.15, 0.2) is 0 Å². The van der Waals surface area contributed by atoms with Gasteiger partial charge in [-0.2, -0.15) is 0 Å². The van der Waals surface area contributed by atoms with E-state index in [9.17, 15) is 9.59 Å². The van der Waals surface area contributed by atoms with Gasteiger partial charge in [0.2, 0.25) is 0 Å². The third kappa shape index (κ3) is 2.61. The molecule has 90 valence electrons. The average Bonchev–Trinajstić information content (AvgIpc) is 2.39. The van der Waals surface area contributed by atoms with Gasteiger partial charge in [0.1, 0.15) is 0 Å². The highest BCUT2D eigenvalue weighted by Crippen LogP contribution is 2.25. The van der Waals surface area contributed by atoms with Gasteiger partial charge in [-0.25, -0.2) is 0 Å². The van der Waals surface area contributed by atoms with Crippen molar-refractivity contribution in [3.05, 3.63) is 59.7 Å². The highest BCUT2D eigenvalue weighted by molar-refractivity contribution is 6.68. The van der Waals surface area contributed by atoms with Gasteiger partial charge in [-0.1, -0.05) is 30.3 Å². The molecule has 0 aliphatic heterocycles. The Morgan fingerprint density at radius 3 is 1.94 bits per heavy atom. The van der Waals surface area contributed by atoms with Crippen LogP contribution in [0.4, 0.5) is 0 Å². The summed E-state index contributed by atoms with van der Waals surface area (Å²) in [4.78, 5) is 22.3. The van der Waals surface area contributed by atoms with Crippen molar-refractivity contribution in [2.24, 2.45) is 0 Å². The zero-order valence-electron chi connectivity index (χ0n) is 9.19. The molecule has 0 aromatic heterocycles. The Kier molecular flexibility index (Phi) is 3.80. The van der Waals surface area contributed by atoms with Gasteiger partial charge in [0.25, 0.3) is 10.5 Å². The van der Waals surface area contributed by atoms with E-state index in [1.54, 1.807) is 42.5 Å². The van der Waals surface area contributed by atoms with Gasteiger partial charge in [-0.05, 0) is 52.5 Å². The van der Waals surface area contributed by atoms with E-state index in [4.69, 9.17) is 23.2 Å². The van der Waals surface area contributed by atoms with Crippen LogP contribution in [-0.4, -0.2) is 10.5 Å². The lowest BCUT2D eigenvalue weighted by molar-refractivity contribution is 0.107. The maximum absolute atomic E-state index is 11.3. The SMILES string of the molecule is O=C(Cl)c1ccc(-c2ccccc2C(=O)Cl)cc1. The van der Waals surface area contributed by atoms with Crippen LogP contribution in [0, 0.1) is 0 Å². The Morgan fingerprint density at radius 1 is 0.778 bits per heavy atom. The van der Waals surface area contributed by atoms with Crippen LogP contribution in [0.2, 0.25) is 0 Å². The first kappa shape index (κ1) is 12.8. The number of carbonyl (C=O) groups excluding carboxylic acids is 2. The predicted molar refractivity (Wildman–Crippen MR) is 72.2 cm³/mol. The maximum atomic E-state index is 11.3. The molecule has 0 saturated heterocycles. The van der Waals surface area contributed by atoms with Crippen molar-refractivity contribution in [1.29, 1.82) is 0 Å². The van der Waals surface area contributed by atoms with E-state index in [0.29, 0.717) is 11.1 Å². The molecule has 2 nitrogen and oxygen atoms in total. The first-order valence-electron chi connectivity index (χ1n) is 5.18. The molecule has 18 heavy (non-hydrogen) atoms. The Balaban J connectivity index is 2.49. The normalized spacial score (nSPS) is 10.1. The van der Waals surface area contributed by atoms with E-state index in [0.717, 1.165) is 11.1 Å². The highest BCUT2D eigenvalue weighted by atomic mass is 35.5. The Bertz CT molecular complexity index is 603. The third-order valence-electron chi connectivity index (χ3n) is 2.56. The lowest BCUT2D eigenvalue weighted by Crippen LogP contribution is -1.94. The number of halogens is 2. The monoisotopic (exact) mass is 278 g/mol. The number of benzene rings is 2. The Labute approximate surface area is 114 Å². The van der Waals surface area contributed by atoms with Crippen LogP contribution in [0.15, 0.2) is 48.5 Å². The summed E-state index contributed by atoms with van der Waals surface area (Å²) >= 11 is 10.9. The van der Waals surface area contributed by atoms with Crippen LogP contribution in [0.3, 0.4) is 0 Å². The minimum atomic E-state index is -0.511. The van der Waals surface area contributed by atoms with E-state index in [1.165, 1.54) is 0 Å². The molecule has 0 fully saturated rings. The molecule has 0 saturated carbocycles. The number of rotatable bonds is 3. The quantitative estimate of drug-likeness (QED) is 0.792. The molecule has 0 bridgehead atoms. The minimum absolute atomic E-state index is 0.412. The average molecular weight is 279 g/mol.